The van der Waals surface area contributed by atoms with Crippen molar-refractivity contribution < 1.29 is 0 Å². The van der Waals surface area contributed by atoms with Crippen molar-refractivity contribution >= 4 is 28.9 Å². The van der Waals surface area contributed by atoms with Crippen LogP contribution in [0.4, 0.5) is 0 Å². The number of pyridine rings is 1. The Morgan fingerprint density at radius 2 is 1.89 bits per heavy atom. The second-order valence-corrected chi connectivity index (χ2v) is 7.87. The Labute approximate surface area is 176 Å². The molecule has 3 aromatic rings. The van der Waals surface area contributed by atoms with Gasteiger partial charge in [0.25, 0.3) is 0 Å². The topological polar surface area (TPSA) is 33.1 Å². The number of rotatable bonds is 4. The number of nitrogens with zero attached hydrogens (tertiary/aromatic N) is 3. The molecule has 2 aromatic heterocycles. The van der Waals surface area contributed by atoms with E-state index in [4.69, 9.17) is 23.8 Å². The Kier molecular flexibility index (Phi) is 5.13. The first kappa shape index (κ1) is 19.0. The molecule has 1 saturated heterocycles. The molecule has 3 heterocycles. The fraction of sp³-hybridized carbons (Fsp3) is 0.273. The highest BCUT2D eigenvalue weighted by atomic mass is 35.5. The zero-order valence-corrected chi connectivity index (χ0v) is 17.8. The lowest BCUT2D eigenvalue weighted by molar-refractivity contribution is 0.329. The lowest BCUT2D eigenvalue weighted by atomic mass is 9.97. The van der Waals surface area contributed by atoms with Crippen LogP contribution in [0.3, 0.4) is 0 Å². The van der Waals surface area contributed by atoms with E-state index in [-0.39, 0.29) is 12.1 Å². The Balaban J connectivity index is 1.82. The third-order valence-corrected chi connectivity index (χ3v) is 6.02. The van der Waals surface area contributed by atoms with Crippen molar-refractivity contribution in [2.75, 3.05) is 6.54 Å². The maximum Gasteiger partial charge on any atom is 0.170 e. The van der Waals surface area contributed by atoms with Crippen LogP contribution in [0.1, 0.15) is 41.7 Å². The van der Waals surface area contributed by atoms with Gasteiger partial charge in [-0.25, -0.2) is 0 Å². The van der Waals surface area contributed by atoms with E-state index in [0.29, 0.717) is 0 Å². The maximum absolute atomic E-state index is 6.08. The number of nitrogens with one attached hydrogen (secondary N) is 1. The number of hydrogen-bond donors (Lipinski definition) is 1. The minimum absolute atomic E-state index is 0.0211. The summed E-state index contributed by atoms with van der Waals surface area (Å²) in [7, 11) is 0. The van der Waals surface area contributed by atoms with Crippen LogP contribution in [0.15, 0.2) is 54.7 Å². The molecule has 0 bridgehead atoms. The number of benzene rings is 1. The van der Waals surface area contributed by atoms with Crippen molar-refractivity contribution in [1.82, 2.24) is 19.8 Å². The summed E-state index contributed by atoms with van der Waals surface area (Å²) in [6, 6.07) is 16.4. The number of aryl methyl sites for hydroxylation is 1. The third-order valence-electron chi connectivity index (χ3n) is 5.41. The molecule has 4 rings (SSSR count). The van der Waals surface area contributed by atoms with Gasteiger partial charge < -0.3 is 14.8 Å². The molecule has 1 fully saturated rings. The van der Waals surface area contributed by atoms with E-state index < -0.39 is 0 Å². The Morgan fingerprint density at radius 3 is 2.54 bits per heavy atom. The maximum atomic E-state index is 6.08. The van der Waals surface area contributed by atoms with Crippen molar-refractivity contribution in [3.05, 3.63) is 82.4 Å². The van der Waals surface area contributed by atoms with Crippen molar-refractivity contribution in [3.63, 3.8) is 0 Å². The molecule has 1 N–H and O–H groups in total. The molecule has 144 valence electrons. The zero-order chi connectivity index (χ0) is 19.8. The van der Waals surface area contributed by atoms with E-state index >= 15 is 0 Å². The van der Waals surface area contributed by atoms with E-state index in [1.54, 1.807) is 0 Å². The first-order valence-corrected chi connectivity index (χ1v) is 10.2. The number of aromatic nitrogens is 2. The Bertz CT molecular complexity index is 997. The average molecular weight is 411 g/mol. The quantitative estimate of drug-likeness (QED) is 0.604. The fourth-order valence-electron chi connectivity index (χ4n) is 4.16. The van der Waals surface area contributed by atoms with Crippen LogP contribution < -0.4 is 5.32 Å². The van der Waals surface area contributed by atoms with Crippen molar-refractivity contribution in [2.45, 2.75) is 32.9 Å². The largest absolute Gasteiger partial charge is 0.352 e. The molecule has 4 nitrogen and oxygen atoms in total. The highest BCUT2D eigenvalue weighted by Gasteiger charge is 2.40. The van der Waals surface area contributed by atoms with Gasteiger partial charge in [-0.15, -0.1) is 0 Å². The molecule has 0 spiro atoms. The predicted octanol–water partition coefficient (Wildman–Crippen LogP) is 5.13. The minimum atomic E-state index is 0.0211. The van der Waals surface area contributed by atoms with Gasteiger partial charge in [-0.3, -0.25) is 4.98 Å². The third kappa shape index (κ3) is 3.19. The van der Waals surface area contributed by atoms with E-state index in [1.165, 1.54) is 17.0 Å². The number of thiocarbonyl (C=S) groups is 1. The summed E-state index contributed by atoms with van der Waals surface area (Å²) < 4.78 is 2.27. The van der Waals surface area contributed by atoms with Gasteiger partial charge >= 0.3 is 0 Å². The lowest BCUT2D eigenvalue weighted by Crippen LogP contribution is -2.29. The van der Waals surface area contributed by atoms with Crippen LogP contribution in [0, 0.1) is 13.8 Å². The van der Waals surface area contributed by atoms with Gasteiger partial charge in [-0.2, -0.15) is 0 Å². The highest BCUT2D eigenvalue weighted by Crippen LogP contribution is 2.41. The molecule has 0 unspecified atom stereocenters. The molecule has 0 saturated carbocycles. The number of halogens is 1. The van der Waals surface area contributed by atoms with Gasteiger partial charge in [0, 0.05) is 34.8 Å². The molecule has 0 radical (unpaired) electrons. The van der Waals surface area contributed by atoms with E-state index in [9.17, 15) is 0 Å². The molecule has 1 aliphatic rings. The Morgan fingerprint density at radius 1 is 1.14 bits per heavy atom. The summed E-state index contributed by atoms with van der Waals surface area (Å²) in [4.78, 5) is 6.85. The van der Waals surface area contributed by atoms with Crippen molar-refractivity contribution in [2.24, 2.45) is 0 Å². The van der Waals surface area contributed by atoms with Gasteiger partial charge in [0.15, 0.2) is 5.11 Å². The fourth-order valence-corrected chi connectivity index (χ4v) is 4.65. The van der Waals surface area contributed by atoms with Crippen molar-refractivity contribution in [3.8, 4) is 5.69 Å². The molecule has 2 atom stereocenters. The summed E-state index contributed by atoms with van der Waals surface area (Å²) in [6.45, 7) is 7.28. The molecular formula is C22H23ClN4S. The molecule has 1 aliphatic heterocycles. The van der Waals surface area contributed by atoms with Crippen molar-refractivity contribution in [1.29, 1.82) is 0 Å². The molecule has 1 aromatic carbocycles. The van der Waals surface area contributed by atoms with Gasteiger partial charge in [0.1, 0.15) is 0 Å². The SMILES string of the molecule is CCN1C(=S)N[C@@H](c2ccccn2)[C@H]1c1cc(C)n(-c2ccc(Cl)cc2)c1C. The summed E-state index contributed by atoms with van der Waals surface area (Å²) in [5.41, 5.74) is 5.76. The first-order valence-electron chi connectivity index (χ1n) is 9.44. The monoisotopic (exact) mass is 410 g/mol. The second kappa shape index (κ2) is 7.57. The normalized spacial score (nSPS) is 19.1. The lowest BCUT2D eigenvalue weighted by Gasteiger charge is -2.27. The van der Waals surface area contributed by atoms with Crippen LogP contribution in [-0.4, -0.2) is 26.1 Å². The summed E-state index contributed by atoms with van der Waals surface area (Å²) in [6.07, 6.45) is 1.84. The van der Waals surface area contributed by atoms with Crippen LogP contribution in [0.5, 0.6) is 0 Å². The second-order valence-electron chi connectivity index (χ2n) is 7.05. The number of likely N-dealkylation sites (N-methyl/N-ethyl adjacent to an activating group) is 1. The van der Waals surface area contributed by atoms with Gasteiger partial charge in [-0.05, 0) is 81.0 Å². The zero-order valence-electron chi connectivity index (χ0n) is 16.2. The smallest absolute Gasteiger partial charge is 0.170 e. The van der Waals surface area contributed by atoms with Gasteiger partial charge in [0.05, 0.1) is 17.8 Å². The summed E-state index contributed by atoms with van der Waals surface area (Å²) >= 11 is 11.7. The van der Waals surface area contributed by atoms with E-state index in [1.807, 2.05) is 30.5 Å². The van der Waals surface area contributed by atoms with Crippen LogP contribution >= 0.6 is 23.8 Å². The van der Waals surface area contributed by atoms with Crippen LogP contribution in [0.25, 0.3) is 5.69 Å². The predicted molar refractivity (Wildman–Crippen MR) is 118 cm³/mol. The summed E-state index contributed by atoms with van der Waals surface area (Å²) in [5.74, 6) is 0. The van der Waals surface area contributed by atoms with Crippen LogP contribution in [0.2, 0.25) is 5.02 Å². The van der Waals surface area contributed by atoms with Gasteiger partial charge in [-0.1, -0.05) is 17.7 Å². The average Bonchev–Trinajstić information content (AvgIpc) is 3.18. The van der Waals surface area contributed by atoms with Crippen LogP contribution in [-0.2, 0) is 0 Å². The Hall–Kier alpha value is -2.37. The van der Waals surface area contributed by atoms with Gasteiger partial charge in [0.2, 0.25) is 0 Å². The highest BCUT2D eigenvalue weighted by molar-refractivity contribution is 7.80. The standard InChI is InChI=1S/C22H23ClN4S/c1-4-26-21(20(25-22(26)28)19-7-5-6-12-24-19)18-13-14(2)27(15(18)3)17-10-8-16(23)9-11-17/h5-13,20-21H,4H2,1-3H3,(H,25,28)/t20-,21+/m0/s1. The molecule has 0 amide bonds. The first-order chi connectivity index (χ1) is 13.5. The number of hydrogen-bond acceptors (Lipinski definition) is 2. The molecule has 28 heavy (non-hydrogen) atoms. The van der Waals surface area contributed by atoms with E-state index in [2.05, 4.69) is 64.8 Å². The van der Waals surface area contributed by atoms with E-state index in [0.717, 1.165) is 28.1 Å². The molecule has 0 aliphatic carbocycles. The minimum Gasteiger partial charge on any atom is -0.352 e. The molecule has 6 heteroatoms. The molecular weight excluding hydrogens is 388 g/mol. The summed E-state index contributed by atoms with van der Waals surface area (Å²) in [5, 5.41) is 5.01.